The van der Waals surface area contributed by atoms with Gasteiger partial charge < -0.3 is 10.2 Å². The Kier molecular flexibility index (Phi) is 3.64. The minimum atomic E-state index is -0.420. The summed E-state index contributed by atoms with van der Waals surface area (Å²) >= 11 is 0. The third kappa shape index (κ3) is 2.82. The lowest BCUT2D eigenvalue weighted by atomic mass is 9.96. The van der Waals surface area contributed by atoms with Crippen LogP contribution in [0.3, 0.4) is 0 Å². The number of fused-ring (bicyclic) bond motifs is 1. The van der Waals surface area contributed by atoms with Crippen LogP contribution in [-0.2, 0) is 10.2 Å². The first-order valence-electron chi connectivity index (χ1n) is 8.39. The van der Waals surface area contributed by atoms with Crippen molar-refractivity contribution in [2.24, 2.45) is 0 Å². The number of anilines is 2. The topological polar surface area (TPSA) is 58.1 Å². The molecule has 2 aromatic heterocycles. The van der Waals surface area contributed by atoms with Gasteiger partial charge in [-0.1, -0.05) is 6.07 Å². The van der Waals surface area contributed by atoms with Crippen molar-refractivity contribution >= 4 is 28.3 Å². The van der Waals surface area contributed by atoms with Gasteiger partial charge in [0.15, 0.2) is 0 Å². The molecule has 0 aliphatic heterocycles. The lowest BCUT2D eigenvalue weighted by Crippen LogP contribution is -2.27. The molecule has 5 heteroatoms. The fraction of sp³-hybridized carbons (Fsp3) is 0.250. The monoisotopic (exact) mass is 332 g/mol. The number of carbonyl (C=O) groups is 1. The van der Waals surface area contributed by atoms with Gasteiger partial charge in [-0.3, -0.25) is 9.78 Å². The first-order valence-corrected chi connectivity index (χ1v) is 8.39. The molecule has 5 nitrogen and oxygen atoms in total. The van der Waals surface area contributed by atoms with Gasteiger partial charge in [-0.15, -0.1) is 0 Å². The van der Waals surface area contributed by atoms with Gasteiger partial charge in [-0.2, -0.15) is 0 Å². The Balaban J connectivity index is 1.58. The summed E-state index contributed by atoms with van der Waals surface area (Å²) in [5.41, 5.74) is 2.28. The van der Waals surface area contributed by atoms with Crippen molar-refractivity contribution in [2.75, 3.05) is 24.3 Å². The number of aromatic nitrogens is 2. The fourth-order valence-corrected chi connectivity index (χ4v) is 3.11. The van der Waals surface area contributed by atoms with Gasteiger partial charge in [0.2, 0.25) is 5.91 Å². The van der Waals surface area contributed by atoms with Crippen molar-refractivity contribution in [3.05, 3.63) is 60.4 Å². The quantitative estimate of drug-likeness (QED) is 0.796. The Morgan fingerprint density at radius 2 is 2.00 bits per heavy atom. The van der Waals surface area contributed by atoms with Crippen LogP contribution in [0.4, 0.5) is 11.5 Å². The second kappa shape index (κ2) is 5.84. The van der Waals surface area contributed by atoms with E-state index in [1.54, 1.807) is 12.4 Å². The molecule has 1 aliphatic carbocycles. The maximum absolute atomic E-state index is 12.8. The van der Waals surface area contributed by atoms with Crippen molar-refractivity contribution in [3.63, 3.8) is 0 Å². The molecule has 1 amide bonds. The summed E-state index contributed by atoms with van der Waals surface area (Å²) in [6.45, 7) is 0. The van der Waals surface area contributed by atoms with E-state index in [2.05, 4.69) is 15.3 Å². The number of carbonyl (C=O) groups excluding carboxylic acids is 1. The molecule has 3 aromatic rings. The molecule has 1 N–H and O–H groups in total. The smallest absolute Gasteiger partial charge is 0.235 e. The maximum atomic E-state index is 12.8. The summed E-state index contributed by atoms with van der Waals surface area (Å²) in [6, 6.07) is 13.7. The van der Waals surface area contributed by atoms with E-state index in [1.165, 1.54) is 0 Å². The van der Waals surface area contributed by atoms with Crippen molar-refractivity contribution in [1.29, 1.82) is 0 Å². The van der Waals surface area contributed by atoms with E-state index in [4.69, 9.17) is 0 Å². The number of hydrogen-bond acceptors (Lipinski definition) is 4. The Morgan fingerprint density at radius 1 is 1.16 bits per heavy atom. The van der Waals surface area contributed by atoms with E-state index >= 15 is 0 Å². The van der Waals surface area contributed by atoms with Crippen LogP contribution in [0.5, 0.6) is 0 Å². The molecular formula is C20H20N4O. The molecule has 0 atom stereocenters. The second-order valence-corrected chi connectivity index (χ2v) is 6.75. The van der Waals surface area contributed by atoms with Crippen molar-refractivity contribution in [3.8, 4) is 0 Å². The Labute approximate surface area is 146 Å². The number of rotatable bonds is 4. The average molecular weight is 332 g/mol. The molecule has 1 aromatic carbocycles. The Morgan fingerprint density at radius 3 is 2.68 bits per heavy atom. The lowest BCUT2D eigenvalue weighted by Gasteiger charge is -2.16. The van der Waals surface area contributed by atoms with Crippen LogP contribution in [0.2, 0.25) is 0 Å². The molecule has 0 bridgehead atoms. The molecule has 126 valence electrons. The predicted octanol–water partition coefficient (Wildman–Crippen LogP) is 3.37. The number of hydrogen-bond donors (Lipinski definition) is 1. The molecule has 1 aliphatic rings. The molecule has 25 heavy (non-hydrogen) atoms. The van der Waals surface area contributed by atoms with Crippen molar-refractivity contribution < 1.29 is 4.79 Å². The minimum Gasteiger partial charge on any atom is -0.363 e. The Bertz CT molecular complexity index is 933. The highest BCUT2D eigenvalue weighted by atomic mass is 16.2. The van der Waals surface area contributed by atoms with Gasteiger partial charge >= 0.3 is 0 Å². The first kappa shape index (κ1) is 15.6. The van der Waals surface area contributed by atoms with Crippen LogP contribution in [-0.4, -0.2) is 30.0 Å². The van der Waals surface area contributed by atoms with Gasteiger partial charge in [0.1, 0.15) is 5.82 Å². The number of benzene rings is 1. The molecule has 0 saturated heterocycles. The van der Waals surface area contributed by atoms with E-state index in [0.717, 1.165) is 40.8 Å². The van der Waals surface area contributed by atoms with Crippen LogP contribution in [0.25, 0.3) is 10.9 Å². The normalized spacial score (nSPS) is 15.0. The number of amides is 1. The van der Waals surface area contributed by atoms with Gasteiger partial charge in [0.05, 0.1) is 10.9 Å². The van der Waals surface area contributed by atoms with E-state index in [1.807, 2.05) is 61.5 Å². The zero-order valence-electron chi connectivity index (χ0n) is 14.4. The minimum absolute atomic E-state index is 0.0396. The van der Waals surface area contributed by atoms with Crippen LogP contribution in [0.1, 0.15) is 18.4 Å². The lowest BCUT2D eigenvalue weighted by molar-refractivity contribution is -0.118. The molecule has 4 rings (SSSR count). The van der Waals surface area contributed by atoms with Gasteiger partial charge in [-0.05, 0) is 54.8 Å². The SMILES string of the molecule is CN(C)c1ccc2cc(NC(=O)C3(c4cccnc4)CC3)ccc2n1. The summed E-state index contributed by atoms with van der Waals surface area (Å²) in [5, 5.41) is 4.08. The van der Waals surface area contributed by atoms with E-state index in [0.29, 0.717) is 0 Å². The molecule has 1 fully saturated rings. The number of nitrogens with zero attached hydrogens (tertiary/aromatic N) is 3. The van der Waals surface area contributed by atoms with E-state index in [9.17, 15) is 4.79 Å². The second-order valence-electron chi connectivity index (χ2n) is 6.75. The van der Waals surface area contributed by atoms with E-state index in [-0.39, 0.29) is 5.91 Å². The highest BCUT2D eigenvalue weighted by molar-refractivity contribution is 6.02. The van der Waals surface area contributed by atoms with Gasteiger partial charge in [0, 0.05) is 37.6 Å². The van der Waals surface area contributed by atoms with Crippen LogP contribution in [0.15, 0.2) is 54.9 Å². The fourth-order valence-electron chi connectivity index (χ4n) is 3.11. The zero-order valence-corrected chi connectivity index (χ0v) is 14.4. The third-order valence-electron chi connectivity index (χ3n) is 4.79. The average Bonchev–Trinajstić information content (AvgIpc) is 3.44. The molecule has 0 spiro atoms. The standard InChI is InChI=1S/C20H20N4O/c1-24(2)18-8-5-14-12-16(6-7-17(14)23-18)22-19(25)20(9-10-20)15-4-3-11-21-13-15/h3-8,11-13H,9-10H2,1-2H3,(H,22,25). The first-order chi connectivity index (χ1) is 12.1. The number of nitrogens with one attached hydrogen (secondary N) is 1. The largest absolute Gasteiger partial charge is 0.363 e. The highest BCUT2D eigenvalue weighted by Crippen LogP contribution is 2.48. The summed E-state index contributed by atoms with van der Waals surface area (Å²) in [6.07, 6.45) is 5.26. The highest BCUT2D eigenvalue weighted by Gasteiger charge is 2.51. The molecule has 0 unspecified atom stereocenters. The summed E-state index contributed by atoms with van der Waals surface area (Å²) < 4.78 is 0. The van der Waals surface area contributed by atoms with Crippen LogP contribution < -0.4 is 10.2 Å². The van der Waals surface area contributed by atoms with Crippen LogP contribution >= 0.6 is 0 Å². The summed E-state index contributed by atoms with van der Waals surface area (Å²) in [4.78, 5) is 23.5. The van der Waals surface area contributed by atoms with Crippen molar-refractivity contribution in [1.82, 2.24) is 9.97 Å². The summed E-state index contributed by atoms with van der Waals surface area (Å²) in [7, 11) is 3.94. The van der Waals surface area contributed by atoms with E-state index < -0.39 is 5.41 Å². The molecule has 1 saturated carbocycles. The molecular weight excluding hydrogens is 312 g/mol. The number of pyridine rings is 2. The molecule has 2 heterocycles. The van der Waals surface area contributed by atoms with Crippen LogP contribution in [0, 0.1) is 0 Å². The maximum Gasteiger partial charge on any atom is 0.235 e. The Hall–Kier alpha value is -2.95. The predicted molar refractivity (Wildman–Crippen MR) is 99.8 cm³/mol. The van der Waals surface area contributed by atoms with Crippen molar-refractivity contribution in [2.45, 2.75) is 18.3 Å². The van der Waals surface area contributed by atoms with Gasteiger partial charge in [-0.25, -0.2) is 4.98 Å². The summed E-state index contributed by atoms with van der Waals surface area (Å²) in [5.74, 6) is 0.954. The van der Waals surface area contributed by atoms with Gasteiger partial charge in [0.25, 0.3) is 0 Å². The molecule has 0 radical (unpaired) electrons. The zero-order chi connectivity index (χ0) is 17.4. The third-order valence-corrected chi connectivity index (χ3v) is 4.79.